The number of phosphoric ester groups is 1. The van der Waals surface area contributed by atoms with Gasteiger partial charge in [-0.05, 0) is 6.42 Å². The molecule has 0 aliphatic rings. The van der Waals surface area contributed by atoms with E-state index in [-0.39, 0.29) is 33.9 Å². The molecule has 0 spiro atoms. The summed E-state index contributed by atoms with van der Waals surface area (Å²) in [6.45, 7) is 2.30. The Balaban J connectivity index is 0. The van der Waals surface area contributed by atoms with Gasteiger partial charge in [-0.15, -0.1) is 0 Å². The third kappa shape index (κ3) is 25.3. The van der Waals surface area contributed by atoms with Crippen LogP contribution in [0.1, 0.15) is 110 Å². The van der Waals surface area contributed by atoms with Gasteiger partial charge in [0.2, 0.25) is 0 Å². The quantitative estimate of drug-likeness (QED) is 0.140. The van der Waals surface area contributed by atoms with Gasteiger partial charge in [0.25, 0.3) is 0 Å². The number of hydrogen-bond acceptors (Lipinski definition) is 4. The van der Waals surface area contributed by atoms with Crippen molar-refractivity contribution in [3.8, 4) is 0 Å². The minimum absolute atomic E-state index is 0. The van der Waals surface area contributed by atoms with Gasteiger partial charge in [0.1, 0.15) is 0 Å². The molecule has 4 nitrogen and oxygen atoms in total. The fourth-order valence-electron chi connectivity index (χ4n) is 2.83. The molecule has 24 heavy (non-hydrogen) atoms. The molecule has 0 aliphatic heterocycles. The van der Waals surface area contributed by atoms with E-state index in [1.807, 2.05) is 0 Å². The van der Waals surface area contributed by atoms with E-state index < -0.39 is 7.82 Å². The molecule has 0 heterocycles. The fraction of sp³-hybridized carbons (Fsp3) is 1.00. The number of unbranched alkanes of at least 4 members (excludes halogenated alkanes) is 15. The van der Waals surface area contributed by atoms with E-state index in [9.17, 15) is 14.4 Å². The van der Waals surface area contributed by atoms with Gasteiger partial charge < -0.3 is 18.9 Å². The van der Waals surface area contributed by atoms with Crippen molar-refractivity contribution < 1.29 is 18.9 Å². The minimum Gasteiger partial charge on any atom is -0.790 e. The van der Waals surface area contributed by atoms with E-state index in [2.05, 4.69) is 11.4 Å². The fourth-order valence-corrected chi connectivity index (χ4v) is 3.18. The van der Waals surface area contributed by atoms with Gasteiger partial charge in [-0.3, -0.25) is 0 Å². The molecule has 0 fully saturated rings. The molecule has 0 rings (SSSR count). The zero-order valence-electron chi connectivity index (χ0n) is 15.6. The maximum Gasteiger partial charge on any atom is 2.00 e. The van der Waals surface area contributed by atoms with Crippen molar-refractivity contribution in [1.82, 2.24) is 0 Å². The first-order valence-electron chi connectivity index (χ1n) is 9.73. The summed E-state index contributed by atoms with van der Waals surface area (Å²) in [4.78, 5) is 20.5. The van der Waals surface area contributed by atoms with Crippen LogP contribution >= 0.6 is 7.82 Å². The SMILES string of the molecule is CCCCCCCCCCCCCCCCCCOP(=O)([O-])[O-].[Pb+2]. The molecule has 0 unspecified atom stereocenters. The molecular weight excluding hydrogens is 518 g/mol. The van der Waals surface area contributed by atoms with Gasteiger partial charge in [-0.1, -0.05) is 103 Å². The molecule has 0 aliphatic carbocycles. The number of rotatable bonds is 18. The Bertz CT molecular complexity index is 284. The Labute approximate surface area is 169 Å². The molecule has 0 aromatic carbocycles. The summed E-state index contributed by atoms with van der Waals surface area (Å²) in [5.74, 6) is 0. The molecule has 2 radical (unpaired) electrons. The molecule has 142 valence electrons. The zero-order chi connectivity index (χ0) is 17.2. The van der Waals surface area contributed by atoms with Crippen molar-refractivity contribution in [1.29, 1.82) is 0 Å². The van der Waals surface area contributed by atoms with E-state index in [0.29, 0.717) is 6.42 Å². The molecule has 0 saturated carbocycles. The zero-order valence-corrected chi connectivity index (χ0v) is 20.4. The summed E-state index contributed by atoms with van der Waals surface area (Å²) in [7, 11) is -4.76. The molecule has 0 saturated heterocycles. The monoisotopic (exact) mass is 556 g/mol. The smallest absolute Gasteiger partial charge is 0.790 e. The first kappa shape index (κ1) is 27.3. The van der Waals surface area contributed by atoms with Crippen molar-refractivity contribution in [2.24, 2.45) is 0 Å². The predicted molar refractivity (Wildman–Crippen MR) is 98.9 cm³/mol. The Morgan fingerprint density at radius 1 is 0.625 bits per heavy atom. The van der Waals surface area contributed by atoms with Gasteiger partial charge in [0, 0.05) is 0 Å². The van der Waals surface area contributed by atoms with Gasteiger partial charge in [0.15, 0.2) is 0 Å². The van der Waals surface area contributed by atoms with Crippen molar-refractivity contribution >= 4 is 35.1 Å². The van der Waals surface area contributed by atoms with E-state index in [1.165, 1.54) is 83.5 Å². The van der Waals surface area contributed by atoms with Crippen LogP contribution in [0.4, 0.5) is 0 Å². The summed E-state index contributed by atoms with van der Waals surface area (Å²) >= 11 is 0. The van der Waals surface area contributed by atoms with E-state index >= 15 is 0 Å². The molecule has 0 N–H and O–H groups in total. The third-order valence-corrected chi connectivity index (χ3v) is 4.75. The maximum absolute atomic E-state index is 10.2. The van der Waals surface area contributed by atoms with Crippen LogP contribution in [0.25, 0.3) is 0 Å². The van der Waals surface area contributed by atoms with E-state index in [1.54, 1.807) is 0 Å². The van der Waals surface area contributed by atoms with Crippen LogP contribution in [0.5, 0.6) is 0 Å². The average Bonchev–Trinajstić information content (AvgIpc) is 2.49. The standard InChI is InChI=1S/C18H39O4P.Pb/c1-2-3-4-5-6-7-8-9-10-11-12-13-14-15-16-17-18-22-23(19,20)21;/h2-18H2,1H3,(H2,19,20,21);/q;+2/p-2. The Kier molecular flexibility index (Phi) is 23.1. The van der Waals surface area contributed by atoms with Crippen LogP contribution in [-0.2, 0) is 9.09 Å². The van der Waals surface area contributed by atoms with Gasteiger partial charge in [-0.2, -0.15) is 0 Å². The van der Waals surface area contributed by atoms with Crippen molar-refractivity contribution in [2.75, 3.05) is 6.61 Å². The van der Waals surface area contributed by atoms with E-state index in [4.69, 9.17) is 0 Å². The molecule has 0 aromatic heterocycles. The molecule has 0 atom stereocenters. The van der Waals surface area contributed by atoms with Crippen LogP contribution in [0.15, 0.2) is 0 Å². The molecular formula is C18H37O4PPb. The van der Waals surface area contributed by atoms with Crippen molar-refractivity contribution in [2.45, 2.75) is 110 Å². The second-order valence-electron chi connectivity index (χ2n) is 6.58. The van der Waals surface area contributed by atoms with Crippen LogP contribution in [0, 0.1) is 0 Å². The maximum atomic E-state index is 10.2. The number of hydrogen-bond donors (Lipinski definition) is 0. The first-order valence-corrected chi connectivity index (χ1v) is 11.2. The second-order valence-corrected chi connectivity index (χ2v) is 7.74. The van der Waals surface area contributed by atoms with Crippen LogP contribution in [-0.4, -0.2) is 33.9 Å². The Hall–Kier alpha value is 1.03. The Morgan fingerprint density at radius 2 is 0.917 bits per heavy atom. The average molecular weight is 556 g/mol. The minimum atomic E-state index is -4.76. The molecule has 6 heteroatoms. The summed E-state index contributed by atoms with van der Waals surface area (Å²) in [6.07, 6.45) is 20.3. The molecule has 0 aromatic rings. The van der Waals surface area contributed by atoms with Crippen LogP contribution in [0.3, 0.4) is 0 Å². The topological polar surface area (TPSA) is 72.4 Å². The van der Waals surface area contributed by atoms with E-state index in [0.717, 1.165) is 12.8 Å². The van der Waals surface area contributed by atoms with Crippen molar-refractivity contribution in [3.05, 3.63) is 0 Å². The van der Waals surface area contributed by atoms with Crippen LogP contribution < -0.4 is 9.79 Å². The van der Waals surface area contributed by atoms with Crippen LogP contribution in [0.2, 0.25) is 0 Å². The molecule has 0 amide bonds. The largest absolute Gasteiger partial charge is 2.00 e. The van der Waals surface area contributed by atoms with Gasteiger partial charge in [0.05, 0.1) is 14.4 Å². The normalized spacial score (nSPS) is 11.5. The summed E-state index contributed by atoms with van der Waals surface area (Å²) in [5.41, 5.74) is 0. The Morgan fingerprint density at radius 3 is 1.21 bits per heavy atom. The summed E-state index contributed by atoms with van der Waals surface area (Å²) < 4.78 is 14.4. The van der Waals surface area contributed by atoms with Gasteiger partial charge >= 0.3 is 27.3 Å². The first-order chi connectivity index (χ1) is 11.1. The summed E-state index contributed by atoms with van der Waals surface area (Å²) in [5, 5.41) is 0. The van der Waals surface area contributed by atoms with Gasteiger partial charge in [-0.25, -0.2) is 0 Å². The summed E-state index contributed by atoms with van der Waals surface area (Å²) in [6, 6.07) is 0. The third-order valence-electron chi connectivity index (χ3n) is 4.25. The predicted octanol–water partition coefficient (Wildman–Crippen LogP) is 4.71. The number of phosphoric acid groups is 1. The second kappa shape index (κ2) is 20.3. The molecule has 0 bridgehead atoms. The van der Waals surface area contributed by atoms with Crippen molar-refractivity contribution in [3.63, 3.8) is 0 Å².